The number of hydrogen-bond donors (Lipinski definition) is 1. The van der Waals surface area contributed by atoms with Gasteiger partial charge in [-0.05, 0) is 62.3 Å². The van der Waals surface area contributed by atoms with Gasteiger partial charge in [0.25, 0.3) is 0 Å². The molecule has 0 radical (unpaired) electrons. The van der Waals surface area contributed by atoms with E-state index < -0.39 is 27.7 Å². The molecule has 158 valence electrons. The van der Waals surface area contributed by atoms with Gasteiger partial charge in [0.1, 0.15) is 0 Å². The summed E-state index contributed by atoms with van der Waals surface area (Å²) in [5, 5.41) is 8.65. The smallest absolute Gasteiger partial charge is 0.416 e. The maximum atomic E-state index is 12.7. The molecule has 5 nitrogen and oxygen atoms in total. The fourth-order valence-corrected chi connectivity index (χ4v) is 5.10. The summed E-state index contributed by atoms with van der Waals surface area (Å²) in [5.41, 5.74) is -0.877. The Kier molecular flexibility index (Phi) is 7.50. The van der Waals surface area contributed by atoms with Crippen LogP contribution in [-0.4, -0.2) is 36.9 Å². The predicted molar refractivity (Wildman–Crippen MR) is 98.2 cm³/mol. The number of carboxylic acid groups (broad SMARTS) is 1. The fraction of sp³-hybridized carbons (Fsp3) is 0.632. The average Bonchev–Trinajstić information content (AvgIpc) is 2.64. The van der Waals surface area contributed by atoms with Gasteiger partial charge in [-0.25, -0.2) is 8.42 Å². The van der Waals surface area contributed by atoms with Gasteiger partial charge in [0.2, 0.25) is 10.0 Å². The van der Waals surface area contributed by atoms with Crippen LogP contribution >= 0.6 is 0 Å². The summed E-state index contributed by atoms with van der Waals surface area (Å²) < 4.78 is 64.7. The summed E-state index contributed by atoms with van der Waals surface area (Å²) in [5.74, 6) is -0.328. The SMILES string of the molecule is CN(C1CCC(CCCCC(=O)O)CC1)S(=O)(=O)c1ccc(C(F)(F)F)cc1. The largest absolute Gasteiger partial charge is 0.481 e. The molecule has 2 rings (SSSR count). The second-order valence-corrected chi connectivity index (χ2v) is 9.35. The van der Waals surface area contributed by atoms with E-state index in [1.165, 1.54) is 11.4 Å². The van der Waals surface area contributed by atoms with Crippen molar-refractivity contribution >= 4 is 16.0 Å². The number of nitrogens with zero attached hydrogens (tertiary/aromatic N) is 1. The number of sulfonamides is 1. The highest BCUT2D eigenvalue weighted by Crippen LogP contribution is 2.34. The number of unbranched alkanes of at least 4 members (excludes halogenated alkanes) is 1. The van der Waals surface area contributed by atoms with Crippen LogP contribution in [0, 0.1) is 5.92 Å². The number of benzene rings is 1. The molecule has 1 saturated carbocycles. The van der Waals surface area contributed by atoms with E-state index in [0.29, 0.717) is 25.2 Å². The Hall–Kier alpha value is -1.61. The topological polar surface area (TPSA) is 74.7 Å². The Labute approximate surface area is 163 Å². The van der Waals surface area contributed by atoms with Gasteiger partial charge in [-0.1, -0.05) is 12.8 Å². The molecule has 1 aliphatic rings. The third kappa shape index (κ3) is 5.94. The van der Waals surface area contributed by atoms with Crippen LogP contribution in [0.4, 0.5) is 13.2 Å². The number of hydrogen-bond acceptors (Lipinski definition) is 3. The van der Waals surface area contributed by atoms with Crippen molar-refractivity contribution < 1.29 is 31.5 Å². The highest BCUT2D eigenvalue weighted by molar-refractivity contribution is 7.89. The highest BCUT2D eigenvalue weighted by Gasteiger charge is 2.33. The van der Waals surface area contributed by atoms with Gasteiger partial charge >= 0.3 is 12.1 Å². The summed E-state index contributed by atoms with van der Waals surface area (Å²) in [6.07, 6.45) is 1.23. The first-order valence-corrected chi connectivity index (χ1v) is 10.8. The first kappa shape index (κ1) is 22.7. The Morgan fingerprint density at radius 1 is 1.11 bits per heavy atom. The third-order valence-electron chi connectivity index (χ3n) is 5.44. The molecule has 1 N–H and O–H groups in total. The number of halogens is 3. The Morgan fingerprint density at radius 2 is 1.68 bits per heavy atom. The van der Waals surface area contributed by atoms with E-state index in [1.807, 2.05) is 0 Å². The van der Waals surface area contributed by atoms with Crippen LogP contribution in [0.25, 0.3) is 0 Å². The molecule has 1 aliphatic carbocycles. The minimum atomic E-state index is -4.50. The van der Waals surface area contributed by atoms with Crippen LogP contribution in [0.5, 0.6) is 0 Å². The third-order valence-corrected chi connectivity index (χ3v) is 7.37. The molecule has 0 bridgehead atoms. The molecule has 0 saturated heterocycles. The zero-order chi connectivity index (χ0) is 20.9. The van der Waals surface area contributed by atoms with E-state index in [0.717, 1.165) is 49.9 Å². The van der Waals surface area contributed by atoms with E-state index in [2.05, 4.69) is 0 Å². The Balaban J connectivity index is 1.91. The minimum Gasteiger partial charge on any atom is -0.481 e. The first-order valence-electron chi connectivity index (χ1n) is 9.39. The lowest BCUT2D eigenvalue weighted by Gasteiger charge is -2.34. The van der Waals surface area contributed by atoms with Crippen molar-refractivity contribution in [3.05, 3.63) is 29.8 Å². The molecule has 0 amide bonds. The van der Waals surface area contributed by atoms with E-state index in [-0.39, 0.29) is 17.4 Å². The minimum absolute atomic E-state index is 0.140. The summed E-state index contributed by atoms with van der Waals surface area (Å²) in [4.78, 5) is 10.4. The van der Waals surface area contributed by atoms with Crippen molar-refractivity contribution in [2.75, 3.05) is 7.05 Å². The summed E-state index contributed by atoms with van der Waals surface area (Å²) in [6.45, 7) is 0. The van der Waals surface area contributed by atoms with Gasteiger partial charge in [-0.15, -0.1) is 0 Å². The molecule has 0 aromatic heterocycles. The van der Waals surface area contributed by atoms with Crippen molar-refractivity contribution in [1.82, 2.24) is 4.31 Å². The number of rotatable bonds is 8. The van der Waals surface area contributed by atoms with Gasteiger partial charge < -0.3 is 5.11 Å². The Morgan fingerprint density at radius 3 is 2.18 bits per heavy atom. The second kappa shape index (κ2) is 9.26. The maximum absolute atomic E-state index is 12.7. The maximum Gasteiger partial charge on any atom is 0.416 e. The van der Waals surface area contributed by atoms with Gasteiger partial charge in [0, 0.05) is 19.5 Å². The highest BCUT2D eigenvalue weighted by atomic mass is 32.2. The van der Waals surface area contributed by atoms with Gasteiger partial charge in [-0.3, -0.25) is 4.79 Å². The van der Waals surface area contributed by atoms with Crippen molar-refractivity contribution in [2.24, 2.45) is 5.92 Å². The van der Waals surface area contributed by atoms with E-state index in [1.54, 1.807) is 0 Å². The lowest BCUT2D eigenvalue weighted by Crippen LogP contribution is -2.39. The number of carboxylic acids is 1. The summed E-state index contributed by atoms with van der Waals surface area (Å²) in [6, 6.07) is 3.40. The van der Waals surface area contributed by atoms with Gasteiger partial charge in [0.05, 0.1) is 10.5 Å². The molecular weight excluding hydrogens is 395 g/mol. The number of carbonyl (C=O) groups is 1. The second-order valence-electron chi connectivity index (χ2n) is 7.36. The standard InChI is InChI=1S/C19H26F3NO4S/c1-23(16-10-6-14(7-11-16)4-2-3-5-18(24)25)28(26,27)17-12-8-15(9-13-17)19(20,21)22/h8-9,12-14,16H,2-7,10-11H2,1H3,(H,24,25). The van der Waals surface area contributed by atoms with Crippen LogP contribution in [-0.2, 0) is 21.0 Å². The molecule has 0 unspecified atom stereocenters. The summed E-state index contributed by atoms with van der Waals surface area (Å²) in [7, 11) is -2.37. The predicted octanol–water partition coefficient (Wildman–Crippen LogP) is 4.53. The normalized spacial score (nSPS) is 21.0. The van der Waals surface area contributed by atoms with Crippen LogP contribution in [0.1, 0.15) is 56.9 Å². The zero-order valence-electron chi connectivity index (χ0n) is 15.8. The molecule has 28 heavy (non-hydrogen) atoms. The molecule has 0 heterocycles. The average molecular weight is 421 g/mol. The van der Waals surface area contributed by atoms with E-state index >= 15 is 0 Å². The fourth-order valence-electron chi connectivity index (χ4n) is 3.68. The van der Waals surface area contributed by atoms with Gasteiger partial charge in [0.15, 0.2) is 0 Å². The Bertz CT molecular complexity index is 754. The zero-order valence-corrected chi connectivity index (χ0v) is 16.6. The summed E-state index contributed by atoms with van der Waals surface area (Å²) >= 11 is 0. The van der Waals surface area contributed by atoms with Crippen LogP contribution < -0.4 is 0 Å². The van der Waals surface area contributed by atoms with Crippen molar-refractivity contribution in [2.45, 2.75) is 68.5 Å². The van der Waals surface area contributed by atoms with E-state index in [4.69, 9.17) is 5.11 Å². The monoisotopic (exact) mass is 421 g/mol. The van der Waals surface area contributed by atoms with Crippen molar-refractivity contribution in [3.63, 3.8) is 0 Å². The van der Waals surface area contributed by atoms with Crippen molar-refractivity contribution in [3.8, 4) is 0 Å². The van der Waals surface area contributed by atoms with Crippen LogP contribution in [0.2, 0.25) is 0 Å². The quantitative estimate of drug-likeness (QED) is 0.626. The molecule has 1 fully saturated rings. The number of aliphatic carboxylic acids is 1. The molecule has 0 aliphatic heterocycles. The molecule has 0 spiro atoms. The molecule has 0 atom stereocenters. The first-order chi connectivity index (χ1) is 13.0. The van der Waals surface area contributed by atoms with Crippen LogP contribution in [0.3, 0.4) is 0 Å². The molecular formula is C19H26F3NO4S. The molecule has 1 aromatic rings. The number of alkyl halides is 3. The van der Waals surface area contributed by atoms with Gasteiger partial charge in [-0.2, -0.15) is 17.5 Å². The van der Waals surface area contributed by atoms with Crippen molar-refractivity contribution in [1.29, 1.82) is 0 Å². The molecule has 1 aromatic carbocycles. The lowest BCUT2D eigenvalue weighted by molar-refractivity contribution is -0.138. The van der Waals surface area contributed by atoms with Crippen LogP contribution in [0.15, 0.2) is 29.2 Å². The van der Waals surface area contributed by atoms with E-state index in [9.17, 15) is 26.4 Å². The lowest BCUT2D eigenvalue weighted by atomic mass is 9.83. The molecule has 9 heteroatoms.